The summed E-state index contributed by atoms with van der Waals surface area (Å²) in [5.41, 5.74) is 15.0. The molecule has 2 aliphatic rings. The van der Waals surface area contributed by atoms with Crippen molar-refractivity contribution in [3.8, 4) is 46.1 Å². The number of fused-ring (bicyclic) bond motifs is 9. The Labute approximate surface area is 425 Å². The van der Waals surface area contributed by atoms with Gasteiger partial charge in [0, 0.05) is 27.6 Å². The normalized spacial score (nSPS) is 15.5. The molecule has 0 fully saturated rings. The summed E-state index contributed by atoms with van der Waals surface area (Å²) >= 11 is 0. The van der Waals surface area contributed by atoms with Gasteiger partial charge in [0.05, 0.1) is 6.54 Å². The van der Waals surface area contributed by atoms with Gasteiger partial charge >= 0.3 is 0 Å². The van der Waals surface area contributed by atoms with Gasteiger partial charge in [0.1, 0.15) is 11.5 Å². The van der Waals surface area contributed by atoms with E-state index in [-0.39, 0.29) is 18.3 Å². The van der Waals surface area contributed by atoms with E-state index in [1.54, 1.807) is 0 Å². The number of nitrogens with zero attached hydrogens (tertiary/aromatic N) is 1. The molecule has 0 aliphatic heterocycles. The molecule has 11 aromatic carbocycles. The van der Waals surface area contributed by atoms with Crippen molar-refractivity contribution < 1.29 is 4.74 Å². The molecule has 2 unspecified atom stereocenters. The van der Waals surface area contributed by atoms with Crippen LogP contribution in [0.3, 0.4) is 0 Å². The Hall–Kier alpha value is -8.64. The highest BCUT2D eigenvalue weighted by atomic mass is 16.5. The van der Waals surface area contributed by atoms with Gasteiger partial charge in [0.25, 0.3) is 0 Å². The maximum Gasteiger partial charge on any atom is 0.127 e. The van der Waals surface area contributed by atoms with E-state index in [1.165, 1.54) is 88.0 Å². The second kappa shape index (κ2) is 19.6. The zero-order valence-corrected chi connectivity index (χ0v) is 40.7. The molecule has 350 valence electrons. The van der Waals surface area contributed by atoms with Gasteiger partial charge < -0.3 is 9.64 Å². The Morgan fingerprint density at radius 1 is 0.403 bits per heavy atom. The third-order valence-corrected chi connectivity index (χ3v) is 14.8. The van der Waals surface area contributed by atoms with Crippen molar-refractivity contribution in [2.75, 3.05) is 11.4 Å². The molecule has 0 saturated heterocycles. The molecule has 2 atom stereocenters. The smallest absolute Gasteiger partial charge is 0.127 e. The van der Waals surface area contributed by atoms with Gasteiger partial charge in [-0.05, 0) is 163 Å². The first-order chi connectivity index (χ1) is 34.9. The Bertz CT molecular complexity index is 3580. The van der Waals surface area contributed by atoms with Gasteiger partial charge in [-0.25, -0.2) is 0 Å². The Morgan fingerprint density at radius 3 is 1.29 bits per heavy atom. The fourth-order valence-corrected chi connectivity index (χ4v) is 11.3. The minimum Gasteiger partial charge on any atom is -0.457 e. The fourth-order valence-electron chi connectivity index (χ4n) is 11.3. The first kappa shape index (κ1) is 47.1. The number of hydrogen-bond donors (Lipinski definition) is 0. The summed E-state index contributed by atoms with van der Waals surface area (Å²) in [7, 11) is 0. The van der Waals surface area contributed by atoms with Gasteiger partial charge in [-0.2, -0.15) is 0 Å². The maximum absolute atomic E-state index is 6.47. The summed E-state index contributed by atoms with van der Waals surface area (Å²) in [5.74, 6) is 4.42. The van der Waals surface area contributed by atoms with E-state index < -0.39 is 0 Å². The van der Waals surface area contributed by atoms with Crippen LogP contribution < -0.4 is 9.64 Å². The van der Waals surface area contributed by atoms with E-state index in [0.717, 1.165) is 22.9 Å². The molecular formula is C70H59NO. The van der Waals surface area contributed by atoms with Crippen LogP contribution in [0.2, 0.25) is 0 Å². The van der Waals surface area contributed by atoms with Gasteiger partial charge in [0.2, 0.25) is 0 Å². The SMILES string of the molecule is C.C#CCN(c1ccccc1)c1cccc2ccccc12.CC.CC1(c2ccc(Oc3ccc(C4(C)c5ccccc5-c5cc6ccccc6cc54)cc3)cc2)c2ccccc2-c2cc3ccccc3cc21. The number of para-hydroxylation sites is 1. The molecule has 0 radical (unpaired) electrons. The van der Waals surface area contributed by atoms with Crippen molar-refractivity contribution in [1.29, 1.82) is 0 Å². The highest BCUT2D eigenvalue weighted by Gasteiger charge is 2.42. The largest absolute Gasteiger partial charge is 0.457 e. The Morgan fingerprint density at radius 2 is 0.806 bits per heavy atom. The summed E-state index contributed by atoms with van der Waals surface area (Å²) in [6.45, 7) is 9.28. The van der Waals surface area contributed by atoms with Crippen molar-refractivity contribution in [1.82, 2.24) is 0 Å². The van der Waals surface area contributed by atoms with Crippen molar-refractivity contribution in [2.24, 2.45) is 0 Å². The average molecular weight is 930 g/mol. The standard InChI is InChI=1S/C48H34O.C19H15N.C2H6.CH4/c1-47(43-17-9-7-15-39(43)41-27-31-11-3-5-13-33(31)29-45(41)47)35-19-23-37(24-20-35)49-38-25-21-36(22-26-38)48(2)44-18-10-8-16-40(44)42-28-32-12-4-6-14-34(32)30-46(42)48;1-2-15-20(17-11-4-3-5-12-17)19-14-8-10-16-9-6-7-13-18(16)19;1-2;/h3-30H,1-2H3;1,3-14H,15H2;1-2H3;1H4. The van der Waals surface area contributed by atoms with Crippen molar-refractivity contribution in [3.63, 3.8) is 0 Å². The molecule has 0 amide bonds. The first-order valence-electron chi connectivity index (χ1n) is 24.8. The molecule has 0 aromatic heterocycles. The Kier molecular flexibility index (Phi) is 12.8. The predicted octanol–water partition coefficient (Wildman–Crippen LogP) is 18.7. The monoisotopic (exact) mass is 929 g/mol. The number of hydrogen-bond acceptors (Lipinski definition) is 2. The van der Waals surface area contributed by atoms with Crippen LogP contribution in [0, 0.1) is 12.3 Å². The van der Waals surface area contributed by atoms with Crippen LogP contribution in [0.4, 0.5) is 11.4 Å². The average Bonchev–Trinajstić information content (AvgIpc) is 3.84. The van der Waals surface area contributed by atoms with Crippen LogP contribution in [-0.2, 0) is 10.8 Å². The lowest BCUT2D eigenvalue weighted by Crippen LogP contribution is -2.22. The van der Waals surface area contributed by atoms with Crippen LogP contribution in [0.25, 0.3) is 54.6 Å². The van der Waals surface area contributed by atoms with Crippen LogP contribution >= 0.6 is 0 Å². The van der Waals surface area contributed by atoms with Crippen LogP contribution in [0.1, 0.15) is 68.5 Å². The summed E-state index contributed by atoms with van der Waals surface area (Å²) < 4.78 is 6.47. The number of benzene rings is 11. The lowest BCUT2D eigenvalue weighted by Gasteiger charge is -2.29. The summed E-state index contributed by atoms with van der Waals surface area (Å²) in [6, 6.07) is 86.9. The molecule has 0 bridgehead atoms. The van der Waals surface area contributed by atoms with Crippen molar-refractivity contribution in [2.45, 2.75) is 46.0 Å². The lowest BCUT2D eigenvalue weighted by atomic mass is 9.74. The minimum absolute atomic E-state index is 0. The zero-order chi connectivity index (χ0) is 48.5. The van der Waals surface area contributed by atoms with Crippen LogP contribution in [-0.4, -0.2) is 6.54 Å². The van der Waals surface area contributed by atoms with Gasteiger partial charge in [-0.15, -0.1) is 6.42 Å². The van der Waals surface area contributed by atoms with Crippen molar-refractivity contribution in [3.05, 3.63) is 276 Å². The topological polar surface area (TPSA) is 12.5 Å². The summed E-state index contributed by atoms with van der Waals surface area (Å²) in [5, 5.41) is 7.54. The van der Waals surface area contributed by atoms with Crippen molar-refractivity contribution >= 4 is 43.7 Å². The molecule has 72 heavy (non-hydrogen) atoms. The molecule has 13 rings (SSSR count). The van der Waals surface area contributed by atoms with Crippen LogP contribution in [0.15, 0.2) is 243 Å². The third-order valence-electron chi connectivity index (χ3n) is 14.8. The highest BCUT2D eigenvalue weighted by molar-refractivity contribution is 5.97. The second-order valence-electron chi connectivity index (χ2n) is 18.6. The molecule has 11 aromatic rings. The molecule has 0 spiro atoms. The molecule has 0 heterocycles. The number of ether oxygens (including phenoxy) is 1. The second-order valence-corrected chi connectivity index (χ2v) is 18.6. The van der Waals surface area contributed by atoms with E-state index in [9.17, 15) is 0 Å². The van der Waals surface area contributed by atoms with Crippen LogP contribution in [0.5, 0.6) is 11.5 Å². The number of terminal acetylenes is 1. The third kappa shape index (κ3) is 7.98. The molecular weight excluding hydrogens is 871 g/mol. The predicted molar refractivity (Wildman–Crippen MR) is 307 cm³/mol. The molecule has 0 saturated carbocycles. The molecule has 0 N–H and O–H groups in total. The van der Waals surface area contributed by atoms with E-state index >= 15 is 0 Å². The molecule has 2 aliphatic carbocycles. The lowest BCUT2D eigenvalue weighted by molar-refractivity contribution is 0.481. The number of rotatable bonds is 7. The van der Waals surface area contributed by atoms with E-state index in [0.29, 0.717) is 6.54 Å². The zero-order valence-electron chi connectivity index (χ0n) is 40.7. The fraction of sp³-hybridized carbons (Fsp3) is 0.114. The van der Waals surface area contributed by atoms with E-state index in [4.69, 9.17) is 11.2 Å². The number of anilines is 2. The minimum atomic E-state index is -0.259. The van der Waals surface area contributed by atoms with E-state index in [2.05, 4.69) is 249 Å². The van der Waals surface area contributed by atoms with Gasteiger partial charge in [-0.3, -0.25) is 0 Å². The van der Waals surface area contributed by atoms with E-state index in [1.807, 2.05) is 32.0 Å². The molecule has 2 nitrogen and oxygen atoms in total. The van der Waals surface area contributed by atoms with Gasteiger partial charge in [-0.1, -0.05) is 203 Å². The highest BCUT2D eigenvalue weighted by Crippen LogP contribution is 2.55. The Balaban J connectivity index is 0.000000218. The maximum atomic E-state index is 6.47. The molecule has 2 heteroatoms. The quantitative estimate of drug-likeness (QED) is 0.148. The first-order valence-corrected chi connectivity index (χ1v) is 24.8. The van der Waals surface area contributed by atoms with Gasteiger partial charge in [0.15, 0.2) is 0 Å². The summed E-state index contributed by atoms with van der Waals surface area (Å²) in [4.78, 5) is 2.17. The summed E-state index contributed by atoms with van der Waals surface area (Å²) in [6.07, 6.45) is 5.56.